The van der Waals surface area contributed by atoms with Crippen LogP contribution in [0.2, 0.25) is 0 Å². The topological polar surface area (TPSA) is 117 Å². The second kappa shape index (κ2) is 6.28. The summed E-state index contributed by atoms with van der Waals surface area (Å²) in [6.07, 6.45) is -0.892. The lowest BCUT2D eigenvalue weighted by molar-refractivity contribution is -0.384. The van der Waals surface area contributed by atoms with Crippen LogP contribution in [-0.4, -0.2) is 31.3 Å². The number of nitrogens with one attached hydrogen (secondary N) is 1. The summed E-state index contributed by atoms with van der Waals surface area (Å²) in [5.41, 5.74) is 4.90. The number of nitrogens with two attached hydrogens (primary N) is 1. The number of carbonyl (C=O) groups excluding carboxylic acids is 1. The van der Waals surface area contributed by atoms with Crippen molar-refractivity contribution in [1.29, 1.82) is 0 Å². The van der Waals surface area contributed by atoms with Crippen LogP contribution in [0.3, 0.4) is 0 Å². The number of hydrogen-bond acceptors (Lipinski definition) is 6. The predicted octanol–water partition coefficient (Wildman–Crippen LogP) is 1.11. The fraction of sp³-hybridized carbons (Fsp3) is 0.300. The van der Waals surface area contributed by atoms with E-state index in [2.05, 4.69) is 10.1 Å². The van der Waals surface area contributed by atoms with E-state index in [4.69, 9.17) is 10.5 Å². The minimum Gasteiger partial charge on any atom is -0.490 e. The molecule has 0 spiro atoms. The van der Waals surface area contributed by atoms with Crippen molar-refractivity contribution >= 4 is 17.5 Å². The summed E-state index contributed by atoms with van der Waals surface area (Å²) in [6, 6.07) is 4.64. The van der Waals surface area contributed by atoms with Crippen LogP contribution in [0.25, 0.3) is 0 Å². The number of ether oxygens (including phenoxy) is 2. The van der Waals surface area contributed by atoms with Gasteiger partial charge in [0.1, 0.15) is 12.3 Å². The summed E-state index contributed by atoms with van der Waals surface area (Å²) in [5, 5.41) is 13.7. The van der Waals surface area contributed by atoms with E-state index in [1.165, 1.54) is 19.2 Å². The minimum atomic E-state index is -0.892. The highest BCUT2D eigenvalue weighted by Crippen LogP contribution is 2.34. The molecule has 0 unspecified atom stereocenters. The molecular weight excluding hydrogens is 242 g/mol. The summed E-state index contributed by atoms with van der Waals surface area (Å²) in [5.74, 6) is 0.154. The minimum absolute atomic E-state index is 0.0176. The van der Waals surface area contributed by atoms with E-state index in [0.29, 0.717) is 0 Å². The van der Waals surface area contributed by atoms with Crippen LogP contribution >= 0.6 is 0 Å². The number of nitrogens with zero attached hydrogens (tertiary/aromatic N) is 1. The van der Waals surface area contributed by atoms with E-state index >= 15 is 0 Å². The fourth-order valence-electron chi connectivity index (χ4n) is 1.36. The Balaban J connectivity index is 2.75. The third kappa shape index (κ3) is 3.51. The second-order valence-electron chi connectivity index (χ2n) is 3.21. The number of nitro groups is 1. The zero-order chi connectivity index (χ0) is 13.5. The summed E-state index contributed by atoms with van der Waals surface area (Å²) in [4.78, 5) is 20.7. The molecule has 3 N–H and O–H groups in total. The van der Waals surface area contributed by atoms with Gasteiger partial charge in [-0.1, -0.05) is 6.07 Å². The molecule has 8 heteroatoms. The van der Waals surface area contributed by atoms with Gasteiger partial charge in [-0.25, -0.2) is 4.79 Å². The Hall–Kier alpha value is -2.51. The summed E-state index contributed by atoms with van der Waals surface area (Å²) < 4.78 is 9.40. The maximum absolute atomic E-state index is 10.9. The zero-order valence-corrected chi connectivity index (χ0v) is 9.71. The molecule has 18 heavy (non-hydrogen) atoms. The summed E-state index contributed by atoms with van der Waals surface area (Å²) in [6.45, 7) is 0.223. The molecule has 0 radical (unpaired) electrons. The monoisotopic (exact) mass is 255 g/mol. The number of primary amides is 1. The molecular formula is C10H13N3O5. The molecule has 0 atom stereocenters. The average molecular weight is 255 g/mol. The van der Waals surface area contributed by atoms with Gasteiger partial charge in [0.25, 0.3) is 0 Å². The normalized spacial score (nSPS) is 9.61. The van der Waals surface area contributed by atoms with Gasteiger partial charge >= 0.3 is 11.8 Å². The number of anilines is 1. The maximum Gasteiger partial charge on any atom is 0.404 e. The first-order valence-electron chi connectivity index (χ1n) is 5.03. The highest BCUT2D eigenvalue weighted by Gasteiger charge is 2.19. The van der Waals surface area contributed by atoms with Gasteiger partial charge in [0.2, 0.25) is 0 Å². The molecule has 0 aliphatic heterocycles. The molecule has 0 aliphatic carbocycles. The fourth-order valence-corrected chi connectivity index (χ4v) is 1.36. The van der Waals surface area contributed by atoms with Crippen LogP contribution in [-0.2, 0) is 4.74 Å². The molecule has 0 fully saturated rings. The van der Waals surface area contributed by atoms with E-state index in [1.54, 1.807) is 6.07 Å². The zero-order valence-electron chi connectivity index (χ0n) is 9.71. The molecule has 0 aliphatic rings. The van der Waals surface area contributed by atoms with E-state index in [9.17, 15) is 14.9 Å². The highest BCUT2D eigenvalue weighted by molar-refractivity contribution is 5.68. The highest BCUT2D eigenvalue weighted by atomic mass is 16.6. The molecule has 8 nitrogen and oxygen atoms in total. The van der Waals surface area contributed by atoms with E-state index < -0.39 is 11.0 Å². The Morgan fingerprint density at radius 1 is 1.56 bits per heavy atom. The number of amides is 1. The lowest BCUT2D eigenvalue weighted by Crippen LogP contribution is -2.18. The van der Waals surface area contributed by atoms with Gasteiger partial charge in [0.05, 0.1) is 12.0 Å². The molecule has 0 heterocycles. The SMILES string of the molecule is COc1cccc(NCCOC(N)=O)c1[N+](=O)[O-]. The third-order valence-corrected chi connectivity index (χ3v) is 2.06. The van der Waals surface area contributed by atoms with E-state index in [0.717, 1.165) is 0 Å². The number of nitro benzene ring substituents is 1. The molecule has 0 saturated heterocycles. The Kier molecular flexibility index (Phi) is 4.73. The lowest BCUT2D eigenvalue weighted by Gasteiger charge is -2.09. The summed E-state index contributed by atoms with van der Waals surface area (Å²) in [7, 11) is 1.35. The number of carbonyl (C=O) groups is 1. The Bertz CT molecular complexity index is 449. The smallest absolute Gasteiger partial charge is 0.404 e. The first-order valence-corrected chi connectivity index (χ1v) is 5.03. The van der Waals surface area contributed by atoms with Crippen molar-refractivity contribution in [2.75, 3.05) is 25.6 Å². The lowest BCUT2D eigenvalue weighted by atomic mass is 10.2. The van der Waals surface area contributed by atoms with Crippen molar-refractivity contribution in [3.63, 3.8) is 0 Å². The van der Waals surface area contributed by atoms with Gasteiger partial charge in [-0.3, -0.25) is 10.1 Å². The van der Waals surface area contributed by atoms with Crippen LogP contribution in [0.15, 0.2) is 18.2 Å². The van der Waals surface area contributed by atoms with Crippen LogP contribution in [0.5, 0.6) is 5.75 Å². The third-order valence-electron chi connectivity index (χ3n) is 2.06. The molecule has 0 saturated carbocycles. The van der Waals surface area contributed by atoms with Crippen LogP contribution in [0, 0.1) is 10.1 Å². The van der Waals surface area contributed by atoms with E-state index in [-0.39, 0.29) is 30.3 Å². The van der Waals surface area contributed by atoms with Crippen molar-refractivity contribution in [2.24, 2.45) is 5.73 Å². The number of methoxy groups -OCH3 is 1. The standard InChI is InChI=1S/C10H13N3O5/c1-17-8-4-2-3-7(9(8)13(15)16)12-5-6-18-10(11)14/h2-4,12H,5-6H2,1H3,(H2,11,14). The van der Waals surface area contributed by atoms with Gasteiger partial charge in [0.15, 0.2) is 5.75 Å². The first-order chi connectivity index (χ1) is 8.56. The molecule has 0 bridgehead atoms. The molecule has 1 amide bonds. The van der Waals surface area contributed by atoms with Gasteiger partial charge in [-0.2, -0.15) is 0 Å². The van der Waals surface area contributed by atoms with Crippen LogP contribution in [0.4, 0.5) is 16.2 Å². The van der Waals surface area contributed by atoms with Gasteiger partial charge < -0.3 is 20.5 Å². The van der Waals surface area contributed by atoms with Crippen molar-refractivity contribution in [3.8, 4) is 5.75 Å². The van der Waals surface area contributed by atoms with Gasteiger partial charge in [-0.15, -0.1) is 0 Å². The van der Waals surface area contributed by atoms with Crippen LogP contribution in [0.1, 0.15) is 0 Å². The molecule has 1 aromatic rings. The Labute approximate surface area is 103 Å². The second-order valence-corrected chi connectivity index (χ2v) is 3.21. The molecule has 0 aromatic heterocycles. The number of rotatable bonds is 6. The maximum atomic E-state index is 10.9. The van der Waals surface area contributed by atoms with Gasteiger partial charge in [0, 0.05) is 6.54 Å². The van der Waals surface area contributed by atoms with Gasteiger partial charge in [-0.05, 0) is 12.1 Å². The number of hydrogen-bond donors (Lipinski definition) is 2. The number of para-hydroxylation sites is 1. The Morgan fingerprint density at radius 3 is 2.83 bits per heavy atom. The van der Waals surface area contributed by atoms with Crippen LogP contribution < -0.4 is 15.8 Å². The van der Waals surface area contributed by atoms with Crippen molar-refractivity contribution in [1.82, 2.24) is 0 Å². The molecule has 1 aromatic carbocycles. The summed E-state index contributed by atoms with van der Waals surface area (Å²) >= 11 is 0. The predicted molar refractivity (Wildman–Crippen MR) is 63.7 cm³/mol. The van der Waals surface area contributed by atoms with Crippen molar-refractivity contribution < 1.29 is 19.2 Å². The largest absolute Gasteiger partial charge is 0.490 e. The first kappa shape index (κ1) is 13.6. The van der Waals surface area contributed by atoms with E-state index in [1.807, 2.05) is 0 Å². The number of benzene rings is 1. The molecule has 1 rings (SSSR count). The average Bonchev–Trinajstić information content (AvgIpc) is 2.33. The molecule has 98 valence electrons. The quantitative estimate of drug-likeness (QED) is 0.446. The Morgan fingerprint density at radius 2 is 2.28 bits per heavy atom. The van der Waals surface area contributed by atoms with Crippen molar-refractivity contribution in [3.05, 3.63) is 28.3 Å². The van der Waals surface area contributed by atoms with Crippen molar-refractivity contribution in [2.45, 2.75) is 0 Å².